The third-order valence-electron chi connectivity index (χ3n) is 5.01. The maximum Gasteiger partial charge on any atom is 0.0812 e. The summed E-state index contributed by atoms with van der Waals surface area (Å²) in [7, 11) is 0. The number of aryl methyl sites for hydroxylation is 1. The molecule has 20 heavy (non-hydrogen) atoms. The van der Waals surface area contributed by atoms with Gasteiger partial charge < -0.3 is 0 Å². The van der Waals surface area contributed by atoms with E-state index in [1.807, 2.05) is 6.20 Å². The maximum absolute atomic E-state index is 5.97. The molecular weight excluding hydrogens is 250 g/mol. The zero-order valence-corrected chi connectivity index (χ0v) is 13.1. The molecule has 1 unspecified atom stereocenters. The topological polar surface area (TPSA) is 59.1 Å². The standard InChI is InChI=1S/C15H29N5/c1-4-15(5-2,19-11-7-8-12-19)14(18-16)13-9-10-17-20(13)6-3/h9-10,14,18H,4-8,11-12,16H2,1-3H3. The first-order valence-corrected chi connectivity index (χ1v) is 7.96. The number of nitrogens with zero attached hydrogens (tertiary/aromatic N) is 3. The van der Waals surface area contributed by atoms with Crippen LogP contribution >= 0.6 is 0 Å². The van der Waals surface area contributed by atoms with Gasteiger partial charge in [0.2, 0.25) is 0 Å². The van der Waals surface area contributed by atoms with Crippen molar-refractivity contribution < 1.29 is 0 Å². The highest BCUT2D eigenvalue weighted by atomic mass is 15.4. The first-order chi connectivity index (χ1) is 9.73. The lowest BCUT2D eigenvalue weighted by molar-refractivity contribution is 0.0582. The summed E-state index contributed by atoms with van der Waals surface area (Å²) >= 11 is 0. The summed E-state index contributed by atoms with van der Waals surface area (Å²) in [6, 6.07) is 2.22. The van der Waals surface area contributed by atoms with Crippen molar-refractivity contribution >= 4 is 0 Å². The molecule has 1 aromatic heterocycles. The molecule has 114 valence electrons. The van der Waals surface area contributed by atoms with Gasteiger partial charge in [0.05, 0.1) is 11.7 Å². The average Bonchev–Trinajstić information content (AvgIpc) is 3.15. The van der Waals surface area contributed by atoms with Gasteiger partial charge in [0.25, 0.3) is 0 Å². The van der Waals surface area contributed by atoms with E-state index in [0.717, 1.165) is 19.4 Å². The van der Waals surface area contributed by atoms with Crippen LogP contribution in [0.1, 0.15) is 58.2 Å². The fourth-order valence-corrected chi connectivity index (χ4v) is 3.82. The number of rotatable bonds is 7. The molecule has 0 spiro atoms. The normalized spacial score (nSPS) is 18.6. The second-order valence-electron chi connectivity index (χ2n) is 5.68. The summed E-state index contributed by atoms with van der Waals surface area (Å²) in [4.78, 5) is 2.63. The van der Waals surface area contributed by atoms with Crippen LogP contribution in [0.4, 0.5) is 0 Å². The third-order valence-corrected chi connectivity index (χ3v) is 5.01. The van der Waals surface area contributed by atoms with Crippen molar-refractivity contribution in [1.29, 1.82) is 0 Å². The molecule has 0 radical (unpaired) electrons. The van der Waals surface area contributed by atoms with Crippen LogP contribution in [0.25, 0.3) is 0 Å². The molecule has 0 aromatic carbocycles. The number of nitrogens with two attached hydrogens (primary N) is 1. The third kappa shape index (κ3) is 2.50. The summed E-state index contributed by atoms with van der Waals surface area (Å²) in [5.41, 5.74) is 4.38. The Labute approximate surface area is 122 Å². The van der Waals surface area contributed by atoms with E-state index in [4.69, 9.17) is 5.84 Å². The Bertz CT molecular complexity index is 404. The molecule has 1 aromatic rings. The lowest BCUT2D eigenvalue weighted by Gasteiger charge is -2.46. The van der Waals surface area contributed by atoms with E-state index in [1.165, 1.54) is 31.6 Å². The second-order valence-corrected chi connectivity index (χ2v) is 5.68. The number of likely N-dealkylation sites (tertiary alicyclic amines) is 1. The Kier molecular flexibility index (Phi) is 5.18. The number of hydrogen-bond acceptors (Lipinski definition) is 4. The highest BCUT2D eigenvalue weighted by molar-refractivity contribution is 5.16. The molecular formula is C15H29N5. The van der Waals surface area contributed by atoms with Crippen molar-refractivity contribution in [2.24, 2.45) is 5.84 Å². The Morgan fingerprint density at radius 3 is 2.45 bits per heavy atom. The quantitative estimate of drug-likeness (QED) is 0.592. The smallest absolute Gasteiger partial charge is 0.0812 e. The van der Waals surface area contributed by atoms with Crippen LogP contribution in [0.3, 0.4) is 0 Å². The lowest BCUT2D eigenvalue weighted by atomic mass is 9.81. The molecule has 0 bridgehead atoms. The zero-order valence-electron chi connectivity index (χ0n) is 13.1. The minimum absolute atomic E-state index is 0.0816. The molecule has 1 saturated heterocycles. The van der Waals surface area contributed by atoms with Gasteiger partial charge in [-0.25, -0.2) is 5.43 Å². The highest BCUT2D eigenvalue weighted by Crippen LogP contribution is 2.38. The van der Waals surface area contributed by atoms with Gasteiger partial charge in [-0.05, 0) is 51.8 Å². The Morgan fingerprint density at radius 1 is 1.30 bits per heavy atom. The summed E-state index contributed by atoms with van der Waals surface area (Å²) in [5, 5.41) is 4.41. The lowest BCUT2D eigenvalue weighted by Crippen LogP contribution is -2.57. The number of hydrogen-bond donors (Lipinski definition) is 2. The van der Waals surface area contributed by atoms with Crippen LogP contribution in [-0.4, -0.2) is 33.3 Å². The summed E-state index contributed by atoms with van der Waals surface area (Å²) in [5.74, 6) is 5.97. The van der Waals surface area contributed by atoms with Gasteiger partial charge >= 0.3 is 0 Å². The minimum atomic E-state index is 0.0816. The SMILES string of the molecule is CCn1nccc1C(NN)C(CC)(CC)N1CCCC1. The minimum Gasteiger partial charge on any atom is -0.296 e. The molecule has 2 heterocycles. The van der Waals surface area contributed by atoms with Crippen LogP contribution in [0.15, 0.2) is 12.3 Å². The number of nitrogens with one attached hydrogen (secondary N) is 1. The van der Waals surface area contributed by atoms with Crippen molar-refractivity contribution in [2.75, 3.05) is 13.1 Å². The van der Waals surface area contributed by atoms with Gasteiger partial charge in [0, 0.05) is 18.3 Å². The summed E-state index contributed by atoms with van der Waals surface area (Å²) in [6.07, 6.45) is 6.65. The van der Waals surface area contributed by atoms with Crippen LogP contribution < -0.4 is 11.3 Å². The largest absolute Gasteiger partial charge is 0.296 e. The van der Waals surface area contributed by atoms with Crippen molar-refractivity contribution in [3.8, 4) is 0 Å². The fraction of sp³-hybridized carbons (Fsp3) is 0.800. The summed E-state index contributed by atoms with van der Waals surface area (Å²) < 4.78 is 2.06. The fourth-order valence-electron chi connectivity index (χ4n) is 3.82. The molecule has 1 fully saturated rings. The predicted molar refractivity (Wildman–Crippen MR) is 82.1 cm³/mol. The molecule has 1 aliphatic heterocycles. The summed E-state index contributed by atoms with van der Waals surface area (Å²) in [6.45, 7) is 9.92. The van der Waals surface area contributed by atoms with Gasteiger partial charge in [-0.15, -0.1) is 0 Å². The van der Waals surface area contributed by atoms with E-state index in [9.17, 15) is 0 Å². The van der Waals surface area contributed by atoms with E-state index in [-0.39, 0.29) is 11.6 Å². The van der Waals surface area contributed by atoms with Gasteiger partial charge in [0.1, 0.15) is 0 Å². The second kappa shape index (κ2) is 6.70. The molecule has 0 amide bonds. The molecule has 0 aliphatic carbocycles. The number of hydrazine groups is 1. The maximum atomic E-state index is 5.97. The first kappa shape index (κ1) is 15.5. The van der Waals surface area contributed by atoms with E-state index in [1.54, 1.807) is 0 Å². The molecule has 0 saturated carbocycles. The van der Waals surface area contributed by atoms with Gasteiger partial charge in [-0.1, -0.05) is 13.8 Å². The van der Waals surface area contributed by atoms with Crippen molar-refractivity contribution in [2.45, 2.75) is 64.6 Å². The molecule has 2 rings (SSSR count). The Morgan fingerprint density at radius 2 is 1.95 bits per heavy atom. The van der Waals surface area contributed by atoms with Crippen LogP contribution in [-0.2, 0) is 6.54 Å². The average molecular weight is 279 g/mol. The first-order valence-electron chi connectivity index (χ1n) is 7.96. The Hall–Kier alpha value is -0.910. The molecule has 5 nitrogen and oxygen atoms in total. The molecule has 1 atom stereocenters. The van der Waals surface area contributed by atoms with Gasteiger partial charge in [-0.2, -0.15) is 5.10 Å². The highest BCUT2D eigenvalue weighted by Gasteiger charge is 2.43. The van der Waals surface area contributed by atoms with Crippen LogP contribution in [0.2, 0.25) is 0 Å². The van der Waals surface area contributed by atoms with E-state index in [2.05, 4.69) is 46.9 Å². The van der Waals surface area contributed by atoms with Crippen molar-refractivity contribution in [3.05, 3.63) is 18.0 Å². The number of aromatic nitrogens is 2. The van der Waals surface area contributed by atoms with Crippen LogP contribution in [0.5, 0.6) is 0 Å². The monoisotopic (exact) mass is 279 g/mol. The van der Waals surface area contributed by atoms with E-state index in [0.29, 0.717) is 0 Å². The van der Waals surface area contributed by atoms with Crippen molar-refractivity contribution in [1.82, 2.24) is 20.1 Å². The predicted octanol–water partition coefficient (Wildman–Crippen LogP) is 2.06. The van der Waals surface area contributed by atoms with Crippen molar-refractivity contribution in [3.63, 3.8) is 0 Å². The van der Waals surface area contributed by atoms with Gasteiger partial charge in [0.15, 0.2) is 0 Å². The molecule has 5 heteroatoms. The van der Waals surface area contributed by atoms with Gasteiger partial charge in [-0.3, -0.25) is 15.4 Å². The Balaban J connectivity index is 2.39. The molecule has 1 aliphatic rings. The molecule has 3 N–H and O–H groups in total. The van der Waals surface area contributed by atoms with E-state index < -0.39 is 0 Å². The van der Waals surface area contributed by atoms with E-state index >= 15 is 0 Å². The van der Waals surface area contributed by atoms with Crippen LogP contribution in [0, 0.1) is 0 Å². The zero-order chi connectivity index (χ0) is 14.6.